The van der Waals surface area contributed by atoms with Crippen LogP contribution in [0, 0.1) is 13.8 Å². The Morgan fingerprint density at radius 2 is 1.85 bits per heavy atom. The van der Waals surface area contributed by atoms with E-state index in [-0.39, 0.29) is 35.5 Å². The topological polar surface area (TPSA) is 73.9 Å². The second kappa shape index (κ2) is 9.28. The second-order valence-corrected chi connectivity index (χ2v) is 6.24. The third kappa shape index (κ3) is 5.37. The van der Waals surface area contributed by atoms with Crippen molar-refractivity contribution in [1.29, 1.82) is 0 Å². The first-order valence-electron chi connectivity index (χ1n) is 8.40. The van der Waals surface area contributed by atoms with Crippen LogP contribution in [0.3, 0.4) is 0 Å². The van der Waals surface area contributed by atoms with Crippen molar-refractivity contribution in [2.75, 3.05) is 25.6 Å². The van der Waals surface area contributed by atoms with Crippen LogP contribution in [0.1, 0.15) is 28.4 Å². The number of esters is 1. The Kier molecular flexibility index (Phi) is 7.07. The fourth-order valence-electron chi connectivity index (χ4n) is 2.33. The van der Waals surface area contributed by atoms with Gasteiger partial charge in [-0.25, -0.2) is 4.79 Å². The van der Waals surface area contributed by atoms with Crippen LogP contribution in [0.5, 0.6) is 11.5 Å². The second-order valence-electron chi connectivity index (χ2n) is 5.84. The van der Waals surface area contributed by atoms with Crippen molar-refractivity contribution in [1.82, 2.24) is 0 Å². The Hall–Kier alpha value is -2.73. The van der Waals surface area contributed by atoms with E-state index in [4.69, 9.17) is 25.8 Å². The van der Waals surface area contributed by atoms with Gasteiger partial charge in [0.25, 0.3) is 5.91 Å². The summed E-state index contributed by atoms with van der Waals surface area (Å²) < 4.78 is 15.7. The minimum atomic E-state index is -0.549. The summed E-state index contributed by atoms with van der Waals surface area (Å²) in [6, 6.07) is 8.48. The van der Waals surface area contributed by atoms with Crippen molar-refractivity contribution in [3.8, 4) is 11.5 Å². The molecule has 0 radical (unpaired) electrons. The molecule has 0 aromatic heterocycles. The highest BCUT2D eigenvalue weighted by Gasteiger charge is 2.18. The smallest absolute Gasteiger partial charge is 0.341 e. The standard InChI is InChI=1S/C20H22ClNO5/c1-5-26-20(24)15-9-16(21)17(10-18(15)25-4)22-19(23)11-27-14-7-6-12(2)13(3)8-14/h6-10H,5,11H2,1-4H3,(H,22,23). The summed E-state index contributed by atoms with van der Waals surface area (Å²) in [4.78, 5) is 24.1. The van der Waals surface area contributed by atoms with Gasteiger partial charge in [-0.3, -0.25) is 4.79 Å². The maximum Gasteiger partial charge on any atom is 0.341 e. The molecule has 1 amide bonds. The fraction of sp³-hybridized carbons (Fsp3) is 0.300. The zero-order chi connectivity index (χ0) is 20.0. The van der Waals surface area contributed by atoms with E-state index in [0.29, 0.717) is 11.4 Å². The number of anilines is 1. The van der Waals surface area contributed by atoms with E-state index in [1.807, 2.05) is 26.0 Å². The van der Waals surface area contributed by atoms with Crippen LogP contribution in [-0.4, -0.2) is 32.2 Å². The van der Waals surface area contributed by atoms with Gasteiger partial charge in [-0.1, -0.05) is 17.7 Å². The number of aryl methyl sites for hydroxylation is 2. The lowest BCUT2D eigenvalue weighted by Gasteiger charge is -2.13. The van der Waals surface area contributed by atoms with Gasteiger partial charge in [-0.2, -0.15) is 0 Å². The Balaban J connectivity index is 2.08. The molecule has 0 heterocycles. The molecule has 27 heavy (non-hydrogen) atoms. The van der Waals surface area contributed by atoms with Crippen molar-refractivity contribution >= 4 is 29.2 Å². The summed E-state index contributed by atoms with van der Waals surface area (Å²) in [6.45, 7) is 5.73. The number of hydrogen-bond donors (Lipinski definition) is 1. The molecule has 2 aromatic rings. The maximum absolute atomic E-state index is 12.2. The predicted molar refractivity (Wildman–Crippen MR) is 104 cm³/mol. The molecule has 0 spiro atoms. The SMILES string of the molecule is CCOC(=O)c1cc(Cl)c(NC(=O)COc2ccc(C)c(C)c2)cc1OC. The van der Waals surface area contributed by atoms with Gasteiger partial charge in [0.15, 0.2) is 6.61 Å². The average molecular weight is 392 g/mol. The van der Waals surface area contributed by atoms with Crippen molar-refractivity contribution in [2.45, 2.75) is 20.8 Å². The number of hydrogen-bond acceptors (Lipinski definition) is 5. The third-order valence-corrected chi connectivity index (χ3v) is 4.22. The quantitative estimate of drug-likeness (QED) is 0.717. The monoisotopic (exact) mass is 391 g/mol. The molecular formula is C20H22ClNO5. The number of rotatable bonds is 7. The molecule has 7 heteroatoms. The summed E-state index contributed by atoms with van der Waals surface area (Å²) in [6.07, 6.45) is 0. The molecule has 1 N–H and O–H groups in total. The lowest BCUT2D eigenvalue weighted by molar-refractivity contribution is -0.118. The molecule has 0 aliphatic rings. The Bertz CT molecular complexity index is 851. The molecule has 0 bridgehead atoms. The molecule has 144 valence electrons. The molecule has 0 aliphatic carbocycles. The molecule has 2 rings (SSSR count). The van der Waals surface area contributed by atoms with E-state index in [1.165, 1.54) is 19.2 Å². The minimum Gasteiger partial charge on any atom is -0.496 e. The van der Waals surface area contributed by atoms with Crippen LogP contribution in [0.2, 0.25) is 5.02 Å². The van der Waals surface area contributed by atoms with Gasteiger partial charge in [0.1, 0.15) is 17.1 Å². The number of benzene rings is 2. The van der Waals surface area contributed by atoms with Gasteiger partial charge in [-0.15, -0.1) is 0 Å². The highest BCUT2D eigenvalue weighted by Crippen LogP contribution is 2.31. The zero-order valence-corrected chi connectivity index (χ0v) is 16.5. The maximum atomic E-state index is 12.2. The van der Waals surface area contributed by atoms with Crippen LogP contribution in [0.15, 0.2) is 30.3 Å². The van der Waals surface area contributed by atoms with Crippen LogP contribution in [-0.2, 0) is 9.53 Å². The minimum absolute atomic E-state index is 0.180. The number of carbonyl (C=O) groups excluding carboxylic acids is 2. The van der Waals surface area contributed by atoms with Gasteiger partial charge in [0.2, 0.25) is 0 Å². The fourth-order valence-corrected chi connectivity index (χ4v) is 2.54. The number of carbonyl (C=O) groups is 2. The van der Waals surface area contributed by atoms with Crippen molar-refractivity contribution < 1.29 is 23.8 Å². The summed E-state index contributed by atoms with van der Waals surface area (Å²) >= 11 is 6.18. The molecule has 0 saturated carbocycles. The zero-order valence-electron chi connectivity index (χ0n) is 15.7. The third-order valence-electron chi connectivity index (χ3n) is 3.91. The van der Waals surface area contributed by atoms with Crippen molar-refractivity contribution in [2.24, 2.45) is 0 Å². The number of amides is 1. The highest BCUT2D eigenvalue weighted by atomic mass is 35.5. The Labute approximate surface area is 163 Å². The van der Waals surface area contributed by atoms with E-state index in [0.717, 1.165) is 11.1 Å². The first-order chi connectivity index (χ1) is 12.8. The molecular weight excluding hydrogens is 370 g/mol. The lowest BCUT2D eigenvalue weighted by Crippen LogP contribution is -2.20. The van der Waals surface area contributed by atoms with Gasteiger partial charge in [-0.05, 0) is 50.1 Å². The normalized spacial score (nSPS) is 10.3. The van der Waals surface area contributed by atoms with Crippen LogP contribution in [0.4, 0.5) is 5.69 Å². The molecule has 0 atom stereocenters. The Morgan fingerprint density at radius 3 is 2.48 bits per heavy atom. The van der Waals surface area contributed by atoms with Gasteiger partial charge >= 0.3 is 5.97 Å². The van der Waals surface area contributed by atoms with E-state index in [2.05, 4.69) is 5.32 Å². The number of nitrogens with one attached hydrogen (secondary N) is 1. The lowest BCUT2D eigenvalue weighted by atomic mass is 10.1. The first-order valence-corrected chi connectivity index (χ1v) is 8.78. The molecule has 0 fully saturated rings. The summed E-state index contributed by atoms with van der Waals surface area (Å²) in [5, 5.41) is 2.84. The summed E-state index contributed by atoms with van der Waals surface area (Å²) in [5.41, 5.74) is 2.73. The Morgan fingerprint density at radius 1 is 1.11 bits per heavy atom. The van der Waals surface area contributed by atoms with E-state index in [9.17, 15) is 9.59 Å². The van der Waals surface area contributed by atoms with Crippen LogP contribution >= 0.6 is 11.6 Å². The van der Waals surface area contributed by atoms with E-state index in [1.54, 1.807) is 13.0 Å². The summed E-state index contributed by atoms with van der Waals surface area (Å²) in [7, 11) is 1.42. The number of ether oxygens (including phenoxy) is 3. The van der Waals surface area contributed by atoms with Crippen molar-refractivity contribution in [3.63, 3.8) is 0 Å². The average Bonchev–Trinajstić information content (AvgIpc) is 2.64. The van der Waals surface area contributed by atoms with E-state index < -0.39 is 5.97 Å². The first kappa shape index (κ1) is 20.6. The highest BCUT2D eigenvalue weighted by molar-refractivity contribution is 6.34. The summed E-state index contributed by atoms with van der Waals surface area (Å²) in [5.74, 6) is -0.0777. The van der Waals surface area contributed by atoms with Gasteiger partial charge in [0.05, 0.1) is 24.4 Å². The largest absolute Gasteiger partial charge is 0.496 e. The molecule has 0 aliphatic heterocycles. The van der Waals surface area contributed by atoms with Gasteiger partial charge in [0, 0.05) is 6.07 Å². The molecule has 0 unspecified atom stereocenters. The van der Waals surface area contributed by atoms with Crippen LogP contribution < -0.4 is 14.8 Å². The number of halogens is 1. The molecule has 2 aromatic carbocycles. The van der Waals surface area contributed by atoms with E-state index >= 15 is 0 Å². The molecule has 6 nitrogen and oxygen atoms in total. The van der Waals surface area contributed by atoms with Gasteiger partial charge < -0.3 is 19.5 Å². The van der Waals surface area contributed by atoms with Crippen molar-refractivity contribution in [3.05, 3.63) is 52.0 Å². The number of methoxy groups -OCH3 is 1. The predicted octanol–water partition coefficient (Wildman–Crippen LogP) is 4.16. The van der Waals surface area contributed by atoms with Crippen LogP contribution in [0.25, 0.3) is 0 Å². The molecule has 0 saturated heterocycles.